The molecule has 0 aliphatic heterocycles. The van der Waals surface area contributed by atoms with Crippen LogP contribution < -0.4 is 0 Å². The average Bonchev–Trinajstić information content (AvgIpc) is 2.33. The van der Waals surface area contributed by atoms with Crippen LogP contribution in [0.15, 0.2) is 12.2 Å². The molecule has 0 rings (SSSR count). The van der Waals surface area contributed by atoms with Crippen LogP contribution in [0.25, 0.3) is 0 Å². The third-order valence-electron chi connectivity index (χ3n) is 1.93. The number of ether oxygens (including phenoxy) is 3. The minimum absolute atomic E-state index is 0.0000881. The van der Waals surface area contributed by atoms with Gasteiger partial charge in [-0.2, -0.15) is 0 Å². The summed E-state index contributed by atoms with van der Waals surface area (Å²) in [6.07, 6.45) is 1.41. The van der Waals surface area contributed by atoms with Crippen molar-refractivity contribution in [3.8, 4) is 0 Å². The summed E-state index contributed by atoms with van der Waals surface area (Å²) in [7, 11) is 2.74. The molecule has 20 heavy (non-hydrogen) atoms. The van der Waals surface area contributed by atoms with Crippen LogP contribution in [0, 0.1) is 0 Å². The minimum atomic E-state index is -0.687. The van der Waals surface area contributed by atoms with Crippen molar-refractivity contribution in [3.63, 3.8) is 0 Å². The number of hydrogen-bond acceptors (Lipinski definition) is 6. The largest absolute Gasteiger partial charge is 0.466 e. The highest BCUT2D eigenvalue weighted by Crippen LogP contribution is 2.08. The second-order valence-corrected chi connectivity index (χ2v) is 4.93. The quantitative estimate of drug-likeness (QED) is 0.428. The monoisotopic (exact) mass is 287 g/mol. The molecule has 0 aliphatic carbocycles. The Labute approximate surface area is 118 Å². The van der Waals surface area contributed by atoms with E-state index in [0.717, 1.165) is 12.2 Å². The van der Waals surface area contributed by atoms with E-state index in [1.54, 1.807) is 20.8 Å². The van der Waals surface area contributed by atoms with Gasteiger partial charge in [0.2, 0.25) is 0 Å². The second kappa shape index (κ2) is 8.19. The lowest BCUT2D eigenvalue weighted by atomic mass is 10.2. The highest BCUT2D eigenvalue weighted by molar-refractivity contribution is 5.91. The lowest BCUT2D eigenvalue weighted by Crippen LogP contribution is -2.36. The third-order valence-corrected chi connectivity index (χ3v) is 1.93. The number of nitrogens with zero attached hydrogens (tertiary/aromatic N) is 1. The van der Waals surface area contributed by atoms with Crippen molar-refractivity contribution < 1.29 is 28.6 Å². The van der Waals surface area contributed by atoms with E-state index in [4.69, 9.17) is 9.47 Å². The molecule has 0 aromatic heterocycles. The summed E-state index contributed by atoms with van der Waals surface area (Å²) in [6, 6.07) is 0. The van der Waals surface area contributed by atoms with Crippen molar-refractivity contribution in [1.82, 2.24) is 4.90 Å². The Balaban J connectivity index is 4.00. The van der Waals surface area contributed by atoms with Crippen molar-refractivity contribution in [3.05, 3.63) is 12.2 Å². The van der Waals surface area contributed by atoms with Crippen LogP contribution in [-0.4, -0.2) is 55.8 Å². The molecule has 0 saturated carbocycles. The van der Waals surface area contributed by atoms with E-state index >= 15 is 0 Å². The first-order valence-electron chi connectivity index (χ1n) is 6.02. The molecule has 0 unspecified atom stereocenters. The predicted octanol–water partition coefficient (Wildman–Crippen LogP) is 1.13. The maximum Gasteiger partial charge on any atom is 0.410 e. The van der Waals surface area contributed by atoms with Gasteiger partial charge in [0.1, 0.15) is 12.2 Å². The first-order valence-corrected chi connectivity index (χ1v) is 6.02. The van der Waals surface area contributed by atoms with E-state index in [1.807, 2.05) is 0 Å². The fraction of sp³-hybridized carbons (Fsp3) is 0.615. The number of methoxy groups -OCH3 is 1. The van der Waals surface area contributed by atoms with Crippen LogP contribution in [0.2, 0.25) is 0 Å². The van der Waals surface area contributed by atoms with Gasteiger partial charge in [0.15, 0.2) is 0 Å². The maximum absolute atomic E-state index is 11.6. The zero-order chi connectivity index (χ0) is 15.8. The van der Waals surface area contributed by atoms with Crippen LogP contribution in [0.4, 0.5) is 4.79 Å². The molecule has 0 radical (unpaired) electrons. The second-order valence-electron chi connectivity index (χ2n) is 4.93. The number of carbonyl (C=O) groups excluding carboxylic acids is 3. The molecular weight excluding hydrogens is 266 g/mol. The minimum Gasteiger partial charge on any atom is -0.466 e. The molecule has 0 atom stereocenters. The van der Waals surface area contributed by atoms with Gasteiger partial charge in [0.25, 0.3) is 0 Å². The van der Waals surface area contributed by atoms with Crippen molar-refractivity contribution in [1.29, 1.82) is 0 Å². The van der Waals surface area contributed by atoms with E-state index in [9.17, 15) is 14.4 Å². The normalized spacial score (nSPS) is 11.1. The van der Waals surface area contributed by atoms with E-state index < -0.39 is 23.6 Å². The smallest absolute Gasteiger partial charge is 0.410 e. The van der Waals surface area contributed by atoms with Crippen LogP contribution in [0.1, 0.15) is 20.8 Å². The Bertz CT molecular complexity index is 383. The van der Waals surface area contributed by atoms with Crippen molar-refractivity contribution in [2.75, 3.05) is 27.3 Å². The van der Waals surface area contributed by atoms with Crippen LogP contribution >= 0.6 is 0 Å². The molecule has 0 saturated heterocycles. The zero-order valence-electron chi connectivity index (χ0n) is 12.5. The van der Waals surface area contributed by atoms with Crippen LogP contribution in [0.5, 0.6) is 0 Å². The molecule has 114 valence electrons. The average molecular weight is 287 g/mol. The van der Waals surface area contributed by atoms with Gasteiger partial charge in [-0.25, -0.2) is 14.4 Å². The summed E-state index contributed by atoms with van der Waals surface area (Å²) in [5, 5.41) is 0. The molecular formula is C13H21NO6. The first kappa shape index (κ1) is 17.9. The summed E-state index contributed by atoms with van der Waals surface area (Å²) in [5.74, 6) is -1.33. The van der Waals surface area contributed by atoms with Gasteiger partial charge in [-0.15, -0.1) is 0 Å². The highest BCUT2D eigenvalue weighted by Gasteiger charge is 2.19. The summed E-state index contributed by atoms with van der Waals surface area (Å²) in [6.45, 7) is 5.47. The van der Waals surface area contributed by atoms with E-state index in [0.29, 0.717) is 0 Å². The zero-order valence-corrected chi connectivity index (χ0v) is 12.5. The molecule has 0 aromatic rings. The molecule has 0 heterocycles. The Morgan fingerprint density at radius 1 is 1.10 bits per heavy atom. The number of rotatable bonds is 5. The molecule has 0 aliphatic rings. The van der Waals surface area contributed by atoms with Crippen molar-refractivity contribution in [2.45, 2.75) is 26.4 Å². The molecule has 0 aromatic carbocycles. The van der Waals surface area contributed by atoms with Gasteiger partial charge < -0.3 is 19.1 Å². The molecule has 7 nitrogen and oxygen atoms in total. The Morgan fingerprint density at radius 3 is 2.15 bits per heavy atom. The SMILES string of the molecule is COC(=O)C=CC(=O)OCCN(C)C(=O)OC(C)(C)C. The Kier molecular flexibility index (Phi) is 7.35. The van der Waals surface area contributed by atoms with Crippen molar-refractivity contribution in [2.24, 2.45) is 0 Å². The van der Waals surface area contributed by atoms with Gasteiger partial charge in [-0.3, -0.25) is 0 Å². The number of hydrogen-bond donors (Lipinski definition) is 0. The van der Waals surface area contributed by atoms with Crippen LogP contribution in [0.3, 0.4) is 0 Å². The third kappa shape index (κ3) is 8.96. The molecule has 0 spiro atoms. The summed E-state index contributed by atoms with van der Waals surface area (Å²) in [5.41, 5.74) is -0.578. The summed E-state index contributed by atoms with van der Waals surface area (Å²) in [4.78, 5) is 34.8. The summed E-state index contributed by atoms with van der Waals surface area (Å²) < 4.78 is 14.2. The fourth-order valence-electron chi connectivity index (χ4n) is 0.967. The highest BCUT2D eigenvalue weighted by atomic mass is 16.6. The van der Waals surface area contributed by atoms with Crippen molar-refractivity contribution >= 4 is 18.0 Å². The predicted molar refractivity (Wildman–Crippen MR) is 71.0 cm³/mol. The Morgan fingerprint density at radius 2 is 1.65 bits per heavy atom. The van der Waals surface area contributed by atoms with Crippen LogP contribution in [-0.2, 0) is 23.8 Å². The van der Waals surface area contributed by atoms with Gasteiger partial charge >= 0.3 is 18.0 Å². The topological polar surface area (TPSA) is 82.1 Å². The Hall–Kier alpha value is -2.05. The van der Waals surface area contributed by atoms with Gasteiger partial charge in [-0.1, -0.05) is 0 Å². The lowest BCUT2D eigenvalue weighted by Gasteiger charge is -2.24. The number of amides is 1. The van der Waals surface area contributed by atoms with Gasteiger partial charge in [0.05, 0.1) is 13.7 Å². The maximum atomic E-state index is 11.6. The van der Waals surface area contributed by atoms with E-state index in [-0.39, 0.29) is 13.2 Å². The molecule has 0 fully saturated rings. The fourth-order valence-corrected chi connectivity index (χ4v) is 0.967. The van der Waals surface area contributed by atoms with E-state index in [1.165, 1.54) is 19.1 Å². The van der Waals surface area contributed by atoms with Gasteiger partial charge in [0, 0.05) is 19.2 Å². The molecule has 0 N–H and O–H groups in total. The number of carbonyl (C=O) groups is 3. The van der Waals surface area contributed by atoms with Gasteiger partial charge in [-0.05, 0) is 20.8 Å². The molecule has 7 heteroatoms. The standard InChI is InChI=1S/C13H21NO6/c1-13(2,3)20-12(17)14(4)8-9-19-11(16)7-6-10(15)18-5/h6-7H,8-9H2,1-5H3. The summed E-state index contributed by atoms with van der Waals surface area (Å²) >= 11 is 0. The lowest BCUT2D eigenvalue weighted by molar-refractivity contribution is -0.139. The number of likely N-dealkylation sites (N-methyl/N-ethyl adjacent to an activating group) is 1. The van der Waals surface area contributed by atoms with E-state index in [2.05, 4.69) is 4.74 Å². The molecule has 1 amide bonds. The first-order chi connectivity index (χ1) is 9.15. The molecule has 0 bridgehead atoms. The number of esters is 2.